The fraction of sp³-hybridized carbons (Fsp3) is 0.462. The molecule has 0 aromatic heterocycles. The Kier molecular flexibility index (Phi) is 4.46. The predicted molar refractivity (Wildman–Crippen MR) is 64.1 cm³/mol. The Bertz CT molecular complexity index is 532. The highest BCUT2D eigenvalue weighted by Gasteiger charge is 2.34. The molecule has 1 heterocycles. The van der Waals surface area contributed by atoms with Crippen LogP contribution in [0.4, 0.5) is 22.0 Å². The summed E-state index contributed by atoms with van der Waals surface area (Å²) >= 11 is 0. The maximum atomic E-state index is 13.7. The maximum absolute atomic E-state index is 13.7. The van der Waals surface area contributed by atoms with Gasteiger partial charge in [-0.1, -0.05) is 0 Å². The van der Waals surface area contributed by atoms with Crippen molar-refractivity contribution in [2.24, 2.45) is 0 Å². The van der Waals surface area contributed by atoms with Crippen molar-refractivity contribution < 1.29 is 26.7 Å². The van der Waals surface area contributed by atoms with Gasteiger partial charge < -0.3 is 4.90 Å². The lowest BCUT2D eigenvalue weighted by Gasteiger charge is -2.25. The first kappa shape index (κ1) is 15.7. The molecular formula is C13H13F5N2O. The molecule has 3 nitrogen and oxygen atoms in total. The molecule has 8 heteroatoms. The van der Waals surface area contributed by atoms with Crippen molar-refractivity contribution in [2.45, 2.75) is 25.2 Å². The number of nitrogens with zero attached hydrogens (tertiary/aromatic N) is 1. The zero-order valence-electron chi connectivity index (χ0n) is 10.9. The number of halogens is 5. The molecule has 21 heavy (non-hydrogen) atoms. The minimum atomic E-state index is -4.30. The van der Waals surface area contributed by atoms with Crippen LogP contribution >= 0.6 is 0 Å². The third-order valence-corrected chi connectivity index (χ3v) is 3.20. The smallest absolute Gasteiger partial charge is 0.322 e. The molecule has 0 aliphatic carbocycles. The highest BCUT2D eigenvalue weighted by Crippen LogP contribution is 2.27. The summed E-state index contributed by atoms with van der Waals surface area (Å²) in [5.41, 5.74) is 0.0364. The van der Waals surface area contributed by atoms with Crippen molar-refractivity contribution in [1.82, 2.24) is 10.2 Å². The summed E-state index contributed by atoms with van der Waals surface area (Å²) in [5.74, 6) is -2.02. The Morgan fingerprint density at radius 2 is 2.00 bits per heavy atom. The first-order chi connectivity index (χ1) is 9.78. The molecule has 1 N–H and O–H groups in total. The molecule has 1 aromatic carbocycles. The molecule has 1 atom stereocenters. The van der Waals surface area contributed by atoms with E-state index in [2.05, 4.69) is 5.32 Å². The number of carbonyl (C=O) groups excluding carboxylic acids is 1. The Morgan fingerprint density at radius 1 is 1.29 bits per heavy atom. The van der Waals surface area contributed by atoms with Crippen molar-refractivity contribution in [3.05, 3.63) is 35.4 Å². The Labute approximate surface area is 117 Å². The molecule has 2 rings (SSSR count). The Balaban J connectivity index is 2.09. The lowest BCUT2D eigenvalue weighted by molar-refractivity contribution is -0.139. The molecule has 0 radical (unpaired) electrons. The van der Waals surface area contributed by atoms with Crippen molar-refractivity contribution in [2.75, 3.05) is 13.1 Å². The first-order valence-corrected chi connectivity index (χ1v) is 6.32. The van der Waals surface area contributed by atoms with Gasteiger partial charge in [-0.05, 0) is 18.6 Å². The zero-order valence-corrected chi connectivity index (χ0v) is 10.9. The van der Waals surface area contributed by atoms with Crippen LogP contribution in [0.1, 0.15) is 24.6 Å². The number of benzene rings is 1. The van der Waals surface area contributed by atoms with Crippen molar-refractivity contribution in [3.63, 3.8) is 0 Å². The average Bonchev–Trinajstić information content (AvgIpc) is 2.70. The summed E-state index contributed by atoms with van der Waals surface area (Å²) in [7, 11) is 0. The van der Waals surface area contributed by atoms with E-state index in [0.29, 0.717) is 6.07 Å². The first-order valence-electron chi connectivity index (χ1n) is 6.32. The molecule has 1 saturated heterocycles. The molecular weight excluding hydrogens is 295 g/mol. The van der Waals surface area contributed by atoms with Gasteiger partial charge in [-0.3, -0.25) is 10.1 Å². The SMILES string of the molecule is O=C1CNC(c2ccc(F)cc2F)N1CCCC(F)(F)F. The molecule has 1 unspecified atom stereocenters. The Hall–Kier alpha value is -1.70. The van der Waals surface area contributed by atoms with Crippen molar-refractivity contribution in [3.8, 4) is 0 Å². The van der Waals surface area contributed by atoms with Crippen molar-refractivity contribution >= 4 is 5.91 Å². The van der Waals surface area contributed by atoms with E-state index in [4.69, 9.17) is 0 Å². The molecule has 0 bridgehead atoms. The van der Waals surface area contributed by atoms with E-state index < -0.39 is 36.3 Å². The van der Waals surface area contributed by atoms with E-state index in [1.165, 1.54) is 6.07 Å². The number of alkyl halides is 3. The number of hydrogen-bond donors (Lipinski definition) is 1. The van der Waals surface area contributed by atoms with E-state index in [1.807, 2.05) is 0 Å². The van der Waals surface area contributed by atoms with E-state index in [9.17, 15) is 26.7 Å². The normalized spacial score (nSPS) is 19.4. The van der Waals surface area contributed by atoms with Crippen LogP contribution in [0.3, 0.4) is 0 Å². The van der Waals surface area contributed by atoms with Gasteiger partial charge in [0.1, 0.15) is 17.8 Å². The average molecular weight is 308 g/mol. The van der Waals surface area contributed by atoms with Crippen LogP contribution in [0.5, 0.6) is 0 Å². The number of nitrogens with one attached hydrogen (secondary N) is 1. The van der Waals surface area contributed by atoms with Crippen molar-refractivity contribution in [1.29, 1.82) is 0 Å². The molecule has 1 amide bonds. The summed E-state index contributed by atoms with van der Waals surface area (Å²) in [4.78, 5) is 12.8. The summed E-state index contributed by atoms with van der Waals surface area (Å²) in [6.07, 6.45) is -6.45. The minimum absolute atomic E-state index is 0.0364. The summed E-state index contributed by atoms with van der Waals surface area (Å²) in [6.45, 7) is -0.236. The second-order valence-electron chi connectivity index (χ2n) is 4.76. The molecule has 1 aliphatic rings. The van der Waals surface area contributed by atoms with Gasteiger partial charge in [-0.25, -0.2) is 8.78 Å². The van der Waals surface area contributed by atoms with Gasteiger partial charge in [0, 0.05) is 24.6 Å². The topological polar surface area (TPSA) is 32.3 Å². The predicted octanol–water partition coefficient (Wildman–Crippen LogP) is 2.74. The Morgan fingerprint density at radius 3 is 2.62 bits per heavy atom. The molecule has 1 fully saturated rings. The summed E-state index contributed by atoms with van der Waals surface area (Å²) in [6, 6.07) is 2.89. The van der Waals surface area contributed by atoms with E-state index >= 15 is 0 Å². The van der Waals surface area contributed by atoms with Gasteiger partial charge in [0.15, 0.2) is 0 Å². The third kappa shape index (κ3) is 3.90. The third-order valence-electron chi connectivity index (χ3n) is 3.20. The van der Waals surface area contributed by atoms with Crippen LogP contribution in [0, 0.1) is 11.6 Å². The quantitative estimate of drug-likeness (QED) is 0.868. The van der Waals surface area contributed by atoms with Gasteiger partial charge in [0.2, 0.25) is 5.91 Å². The van der Waals surface area contributed by atoms with Crippen LogP contribution in [0.15, 0.2) is 18.2 Å². The van der Waals surface area contributed by atoms with E-state index in [0.717, 1.165) is 11.0 Å². The molecule has 1 aliphatic heterocycles. The van der Waals surface area contributed by atoms with Gasteiger partial charge in [0.05, 0.1) is 6.54 Å². The zero-order chi connectivity index (χ0) is 15.6. The monoisotopic (exact) mass is 308 g/mol. The largest absolute Gasteiger partial charge is 0.389 e. The van der Waals surface area contributed by atoms with Gasteiger partial charge in [-0.2, -0.15) is 13.2 Å². The molecule has 0 spiro atoms. The van der Waals surface area contributed by atoms with Crippen LogP contribution in [-0.4, -0.2) is 30.1 Å². The highest BCUT2D eigenvalue weighted by molar-refractivity contribution is 5.80. The van der Waals surface area contributed by atoms with E-state index in [-0.39, 0.29) is 25.1 Å². The maximum Gasteiger partial charge on any atom is 0.389 e. The van der Waals surface area contributed by atoms with Gasteiger partial charge in [-0.15, -0.1) is 0 Å². The lowest BCUT2D eigenvalue weighted by Crippen LogP contribution is -2.32. The minimum Gasteiger partial charge on any atom is -0.322 e. The van der Waals surface area contributed by atoms with Crippen LogP contribution in [0.25, 0.3) is 0 Å². The summed E-state index contributed by atoms with van der Waals surface area (Å²) < 4.78 is 63.0. The van der Waals surface area contributed by atoms with Gasteiger partial charge in [0.25, 0.3) is 0 Å². The second kappa shape index (κ2) is 5.97. The second-order valence-corrected chi connectivity index (χ2v) is 4.76. The van der Waals surface area contributed by atoms with E-state index in [1.54, 1.807) is 0 Å². The fourth-order valence-electron chi connectivity index (χ4n) is 2.24. The molecule has 0 saturated carbocycles. The standard InChI is InChI=1S/C13H13F5N2O/c14-8-2-3-9(10(15)6-8)12-19-7-11(21)20(12)5-1-4-13(16,17)18/h2-3,6,12,19H,1,4-5,7H2. The number of rotatable bonds is 4. The number of hydrogen-bond acceptors (Lipinski definition) is 2. The molecule has 1 aromatic rings. The highest BCUT2D eigenvalue weighted by atomic mass is 19.4. The number of carbonyl (C=O) groups is 1. The molecule has 116 valence electrons. The summed E-state index contributed by atoms with van der Waals surface area (Å²) in [5, 5.41) is 2.71. The van der Waals surface area contributed by atoms with Crippen LogP contribution in [0.2, 0.25) is 0 Å². The van der Waals surface area contributed by atoms with Gasteiger partial charge >= 0.3 is 6.18 Å². The number of amides is 1. The van der Waals surface area contributed by atoms with Crippen LogP contribution in [-0.2, 0) is 4.79 Å². The fourth-order valence-corrected chi connectivity index (χ4v) is 2.24. The lowest BCUT2D eigenvalue weighted by atomic mass is 10.1. The van der Waals surface area contributed by atoms with Crippen LogP contribution < -0.4 is 5.32 Å².